The molecule has 7 heteroatoms. The van der Waals surface area contributed by atoms with E-state index < -0.39 is 25.2 Å². The van der Waals surface area contributed by atoms with Crippen LogP contribution in [0.25, 0.3) is 0 Å². The van der Waals surface area contributed by atoms with E-state index in [1.807, 2.05) is 0 Å². The van der Waals surface area contributed by atoms with Crippen molar-refractivity contribution in [2.75, 3.05) is 12.8 Å². The standard InChI is InChI=1S/C19H28FO5P/c1-14(2)24-19(22)16(4)13-26(23,18(20)11-10-15(3)12-21)25-17-8-6-5-7-9-17/h5-10,14,16,18,21H,11-13H2,1-4H3/b15-10+. The normalized spacial score (nSPS) is 16.7. The van der Waals surface area contributed by atoms with E-state index in [1.54, 1.807) is 58.0 Å². The molecule has 1 N–H and O–H groups in total. The van der Waals surface area contributed by atoms with Gasteiger partial charge in [-0.25, -0.2) is 4.39 Å². The average molecular weight is 386 g/mol. The molecule has 5 nitrogen and oxygen atoms in total. The number of hydrogen-bond donors (Lipinski definition) is 1. The summed E-state index contributed by atoms with van der Waals surface area (Å²) in [6, 6.07) is 8.33. The molecule has 0 aliphatic carbocycles. The maximum atomic E-state index is 14.9. The molecular weight excluding hydrogens is 358 g/mol. The van der Waals surface area contributed by atoms with Crippen LogP contribution in [0, 0.1) is 5.92 Å². The van der Waals surface area contributed by atoms with E-state index in [0.29, 0.717) is 5.57 Å². The molecule has 0 heterocycles. The van der Waals surface area contributed by atoms with Crippen LogP contribution in [-0.4, -0.2) is 35.9 Å². The van der Waals surface area contributed by atoms with E-state index in [2.05, 4.69) is 0 Å². The van der Waals surface area contributed by atoms with Gasteiger partial charge in [-0.05, 0) is 32.9 Å². The van der Waals surface area contributed by atoms with Gasteiger partial charge in [-0.1, -0.05) is 36.8 Å². The van der Waals surface area contributed by atoms with Crippen LogP contribution in [0.4, 0.5) is 4.39 Å². The molecule has 0 saturated carbocycles. The van der Waals surface area contributed by atoms with Gasteiger partial charge in [0.25, 0.3) is 7.37 Å². The number of carbonyl (C=O) groups excluding carboxylic acids is 1. The number of para-hydroxylation sites is 1. The van der Waals surface area contributed by atoms with E-state index in [-0.39, 0.29) is 31.0 Å². The van der Waals surface area contributed by atoms with Crippen molar-refractivity contribution in [2.24, 2.45) is 5.92 Å². The summed E-state index contributed by atoms with van der Waals surface area (Å²) in [6.07, 6.45) is 0.752. The Kier molecular flexibility index (Phi) is 9.03. The number of ether oxygens (including phenoxy) is 1. The molecule has 0 radical (unpaired) electrons. The molecule has 1 aromatic carbocycles. The first-order valence-electron chi connectivity index (χ1n) is 8.62. The van der Waals surface area contributed by atoms with E-state index in [0.717, 1.165) is 0 Å². The number of esters is 1. The van der Waals surface area contributed by atoms with E-state index in [9.17, 15) is 13.8 Å². The van der Waals surface area contributed by atoms with Crippen LogP contribution < -0.4 is 4.52 Å². The largest absolute Gasteiger partial charge is 0.463 e. The van der Waals surface area contributed by atoms with Crippen LogP contribution in [0.15, 0.2) is 42.0 Å². The van der Waals surface area contributed by atoms with Crippen LogP contribution in [0.1, 0.15) is 34.1 Å². The van der Waals surface area contributed by atoms with E-state index in [4.69, 9.17) is 14.4 Å². The quantitative estimate of drug-likeness (QED) is 0.363. The van der Waals surface area contributed by atoms with Gasteiger partial charge in [-0.3, -0.25) is 9.36 Å². The number of benzene rings is 1. The third kappa shape index (κ3) is 7.30. The van der Waals surface area contributed by atoms with Gasteiger partial charge in [0.15, 0.2) is 5.91 Å². The summed E-state index contributed by atoms with van der Waals surface area (Å²) in [6.45, 7) is 6.43. The lowest BCUT2D eigenvalue weighted by Gasteiger charge is -2.25. The van der Waals surface area contributed by atoms with Crippen molar-refractivity contribution in [3.8, 4) is 5.75 Å². The molecule has 0 aliphatic heterocycles. The van der Waals surface area contributed by atoms with Crippen molar-refractivity contribution < 1.29 is 28.1 Å². The van der Waals surface area contributed by atoms with E-state index >= 15 is 0 Å². The summed E-state index contributed by atoms with van der Waals surface area (Å²) in [5.74, 6) is -2.82. The summed E-state index contributed by atoms with van der Waals surface area (Å²) in [5.41, 5.74) is 0.575. The number of aliphatic hydroxyl groups is 1. The highest BCUT2D eigenvalue weighted by molar-refractivity contribution is 7.60. The highest BCUT2D eigenvalue weighted by Gasteiger charge is 2.39. The minimum absolute atomic E-state index is 0.164. The first kappa shape index (κ1) is 22.4. The molecule has 0 aromatic heterocycles. The van der Waals surface area contributed by atoms with Crippen molar-refractivity contribution in [2.45, 2.75) is 46.1 Å². The maximum absolute atomic E-state index is 14.9. The highest BCUT2D eigenvalue weighted by Crippen LogP contribution is 2.55. The smallest absolute Gasteiger partial charge is 0.309 e. The molecule has 0 amide bonds. The summed E-state index contributed by atoms with van der Waals surface area (Å²) >= 11 is 0. The Labute approximate surface area is 154 Å². The predicted molar refractivity (Wildman–Crippen MR) is 100 cm³/mol. The molecule has 0 aliphatic rings. The Morgan fingerprint density at radius 3 is 2.42 bits per heavy atom. The second kappa shape index (κ2) is 10.5. The first-order chi connectivity index (χ1) is 12.2. The third-order valence-corrected chi connectivity index (χ3v) is 6.26. The van der Waals surface area contributed by atoms with Gasteiger partial charge < -0.3 is 14.4 Å². The van der Waals surface area contributed by atoms with Crippen LogP contribution in [0.3, 0.4) is 0 Å². The number of hydrogen-bond acceptors (Lipinski definition) is 5. The Hall–Kier alpha value is -1.65. The molecule has 1 aromatic rings. The Bertz CT molecular complexity index is 645. The lowest BCUT2D eigenvalue weighted by molar-refractivity contribution is -0.151. The number of allylic oxidation sites excluding steroid dienone is 1. The zero-order valence-electron chi connectivity index (χ0n) is 15.7. The predicted octanol–water partition coefficient (Wildman–Crippen LogP) is 4.56. The average Bonchev–Trinajstić information content (AvgIpc) is 2.59. The van der Waals surface area contributed by atoms with Crippen LogP contribution in [0.2, 0.25) is 0 Å². The fraction of sp³-hybridized carbons (Fsp3) is 0.526. The van der Waals surface area contributed by atoms with Gasteiger partial charge in [0, 0.05) is 6.42 Å². The molecule has 0 spiro atoms. The number of rotatable bonds is 10. The lowest BCUT2D eigenvalue weighted by atomic mass is 10.2. The Morgan fingerprint density at radius 2 is 1.88 bits per heavy atom. The molecular formula is C19H28FO5P. The Morgan fingerprint density at radius 1 is 1.27 bits per heavy atom. The first-order valence-corrected chi connectivity index (χ1v) is 10.5. The van der Waals surface area contributed by atoms with E-state index in [1.165, 1.54) is 6.08 Å². The van der Waals surface area contributed by atoms with Crippen molar-refractivity contribution in [3.05, 3.63) is 42.0 Å². The topological polar surface area (TPSA) is 72.8 Å². The molecule has 26 heavy (non-hydrogen) atoms. The van der Waals surface area contributed by atoms with Crippen molar-refractivity contribution in [1.82, 2.24) is 0 Å². The number of alkyl halides is 1. The minimum atomic E-state index is -3.85. The molecule has 0 saturated heterocycles. The molecule has 3 unspecified atom stereocenters. The van der Waals surface area contributed by atoms with Gasteiger partial charge >= 0.3 is 5.97 Å². The van der Waals surface area contributed by atoms with Crippen LogP contribution in [0.5, 0.6) is 5.75 Å². The zero-order chi connectivity index (χ0) is 19.7. The summed E-state index contributed by atoms with van der Waals surface area (Å²) in [4.78, 5) is 12.1. The Balaban J connectivity index is 3.00. The monoisotopic (exact) mass is 386 g/mol. The molecule has 3 atom stereocenters. The highest BCUT2D eigenvalue weighted by atomic mass is 31.2. The van der Waals surface area contributed by atoms with Gasteiger partial charge in [-0.15, -0.1) is 0 Å². The fourth-order valence-corrected chi connectivity index (χ4v) is 4.43. The number of carbonyl (C=O) groups is 1. The van der Waals surface area contributed by atoms with Gasteiger partial charge in [-0.2, -0.15) is 0 Å². The summed E-state index contributed by atoms with van der Waals surface area (Å²) in [7, 11) is -3.85. The second-order valence-electron chi connectivity index (χ2n) is 6.58. The van der Waals surface area contributed by atoms with Gasteiger partial charge in [0.05, 0.1) is 24.8 Å². The summed E-state index contributed by atoms with van der Waals surface area (Å²) in [5, 5.41) is 9.04. The van der Waals surface area contributed by atoms with Gasteiger partial charge in [0.2, 0.25) is 0 Å². The molecule has 146 valence electrons. The second-order valence-corrected chi connectivity index (χ2v) is 9.14. The maximum Gasteiger partial charge on any atom is 0.309 e. The van der Waals surface area contributed by atoms with Gasteiger partial charge in [0.1, 0.15) is 5.75 Å². The lowest BCUT2D eigenvalue weighted by Crippen LogP contribution is -2.24. The van der Waals surface area contributed by atoms with Crippen molar-refractivity contribution in [3.63, 3.8) is 0 Å². The van der Waals surface area contributed by atoms with Crippen molar-refractivity contribution >= 4 is 13.3 Å². The molecule has 1 rings (SSSR count). The number of aliphatic hydroxyl groups excluding tert-OH is 1. The van der Waals surface area contributed by atoms with Crippen LogP contribution >= 0.6 is 7.37 Å². The SMILES string of the molecule is C/C(=C\CC(F)P(=O)(CC(C)C(=O)OC(C)C)Oc1ccccc1)CO. The molecule has 0 fully saturated rings. The van der Waals surface area contributed by atoms with Crippen LogP contribution in [-0.2, 0) is 14.1 Å². The fourth-order valence-electron chi connectivity index (χ4n) is 2.20. The number of halogens is 1. The van der Waals surface area contributed by atoms with Crippen molar-refractivity contribution in [1.29, 1.82) is 0 Å². The summed E-state index contributed by atoms with van der Waals surface area (Å²) < 4.78 is 38.8. The third-order valence-electron chi connectivity index (χ3n) is 3.62. The molecule has 0 bridgehead atoms. The zero-order valence-corrected chi connectivity index (χ0v) is 16.6. The minimum Gasteiger partial charge on any atom is -0.463 e.